The molecule has 4 rings (SSSR count). The first-order valence-electron chi connectivity index (χ1n) is 11.8. The van der Waals surface area contributed by atoms with Crippen molar-refractivity contribution in [2.24, 2.45) is 0 Å². The smallest absolute Gasteiger partial charge is 0.122 e. The molecule has 1 aliphatic heterocycles. The number of morpholine rings is 1. The molecule has 0 aliphatic carbocycles. The minimum absolute atomic E-state index is 0.492. The van der Waals surface area contributed by atoms with Gasteiger partial charge in [0.2, 0.25) is 0 Å². The number of hydrogen-bond donors (Lipinski definition) is 0. The van der Waals surface area contributed by atoms with Crippen LogP contribution in [0.15, 0.2) is 78.9 Å². The highest BCUT2D eigenvalue weighted by Gasteiger charge is 2.09. The summed E-state index contributed by atoms with van der Waals surface area (Å²) >= 11 is 0. The monoisotopic (exact) mass is 447 g/mol. The lowest BCUT2D eigenvalue weighted by molar-refractivity contribution is 0.0374. The minimum atomic E-state index is 0.492. The van der Waals surface area contributed by atoms with Crippen molar-refractivity contribution in [1.82, 2.24) is 4.90 Å². The van der Waals surface area contributed by atoms with Crippen LogP contribution in [0, 0.1) is 0 Å². The topological polar surface area (TPSA) is 40.2 Å². The molecule has 0 N–H and O–H groups in total. The molecular formula is C28H33NO4. The Morgan fingerprint density at radius 2 is 1.33 bits per heavy atom. The Morgan fingerprint density at radius 1 is 0.667 bits per heavy atom. The summed E-state index contributed by atoms with van der Waals surface area (Å²) in [4.78, 5) is 2.48. The fraction of sp³-hybridized carbons (Fsp3) is 0.357. The average molecular weight is 448 g/mol. The maximum absolute atomic E-state index is 5.90. The van der Waals surface area contributed by atoms with Crippen LogP contribution in [-0.2, 0) is 17.8 Å². The van der Waals surface area contributed by atoms with Crippen molar-refractivity contribution >= 4 is 0 Å². The Bertz CT molecular complexity index is 940. The summed E-state index contributed by atoms with van der Waals surface area (Å²) in [6.45, 7) is 6.49. The van der Waals surface area contributed by atoms with E-state index in [0.29, 0.717) is 19.8 Å². The van der Waals surface area contributed by atoms with E-state index in [0.717, 1.165) is 68.5 Å². The molecule has 0 radical (unpaired) electrons. The van der Waals surface area contributed by atoms with Crippen molar-refractivity contribution in [3.05, 3.63) is 90.0 Å². The van der Waals surface area contributed by atoms with Crippen LogP contribution < -0.4 is 14.2 Å². The molecule has 0 bridgehead atoms. The first-order valence-corrected chi connectivity index (χ1v) is 11.8. The van der Waals surface area contributed by atoms with E-state index in [-0.39, 0.29) is 0 Å². The second-order valence-corrected chi connectivity index (χ2v) is 8.15. The summed E-state index contributed by atoms with van der Waals surface area (Å²) in [6, 6.07) is 26.2. The number of ether oxygens (including phenoxy) is 4. The Hall–Kier alpha value is -3.02. The SMILES string of the molecule is c1ccc(COc2ccc(OCCOc3cccc(CCCN4CCOCC4)c3)cc2)cc1. The summed E-state index contributed by atoms with van der Waals surface area (Å²) in [5.41, 5.74) is 2.46. The summed E-state index contributed by atoms with van der Waals surface area (Å²) in [5.74, 6) is 2.53. The third-order valence-electron chi connectivity index (χ3n) is 5.63. The van der Waals surface area contributed by atoms with Gasteiger partial charge < -0.3 is 18.9 Å². The molecule has 0 spiro atoms. The van der Waals surface area contributed by atoms with E-state index in [9.17, 15) is 0 Å². The quantitative estimate of drug-likeness (QED) is 0.366. The van der Waals surface area contributed by atoms with Gasteiger partial charge in [-0.1, -0.05) is 42.5 Å². The van der Waals surface area contributed by atoms with Gasteiger partial charge in [0.15, 0.2) is 0 Å². The Labute approximate surface area is 196 Å². The van der Waals surface area contributed by atoms with Crippen LogP contribution in [0.5, 0.6) is 17.2 Å². The lowest BCUT2D eigenvalue weighted by atomic mass is 10.1. The van der Waals surface area contributed by atoms with E-state index in [4.69, 9.17) is 18.9 Å². The molecule has 0 aromatic heterocycles. The summed E-state index contributed by atoms with van der Waals surface area (Å²) in [7, 11) is 0. The molecule has 0 saturated carbocycles. The van der Waals surface area contributed by atoms with Crippen LogP contribution in [0.2, 0.25) is 0 Å². The lowest BCUT2D eigenvalue weighted by Gasteiger charge is -2.26. The Kier molecular flexibility index (Phi) is 9.03. The third-order valence-corrected chi connectivity index (χ3v) is 5.63. The zero-order valence-corrected chi connectivity index (χ0v) is 19.2. The third kappa shape index (κ3) is 8.12. The van der Waals surface area contributed by atoms with E-state index in [1.54, 1.807) is 0 Å². The number of hydrogen-bond acceptors (Lipinski definition) is 5. The molecule has 0 amide bonds. The van der Waals surface area contributed by atoms with Gasteiger partial charge in [-0.3, -0.25) is 4.90 Å². The van der Waals surface area contributed by atoms with Gasteiger partial charge in [-0.2, -0.15) is 0 Å². The molecule has 5 nitrogen and oxygen atoms in total. The van der Waals surface area contributed by atoms with Crippen LogP contribution in [0.25, 0.3) is 0 Å². The van der Waals surface area contributed by atoms with Gasteiger partial charge in [-0.05, 0) is 66.9 Å². The van der Waals surface area contributed by atoms with Gasteiger partial charge in [0.1, 0.15) is 37.1 Å². The van der Waals surface area contributed by atoms with Gasteiger partial charge in [0.05, 0.1) is 13.2 Å². The normalized spacial score (nSPS) is 14.1. The molecule has 1 saturated heterocycles. The molecule has 1 aliphatic rings. The molecule has 1 heterocycles. The fourth-order valence-electron chi connectivity index (χ4n) is 3.81. The van der Waals surface area contributed by atoms with E-state index >= 15 is 0 Å². The molecule has 3 aromatic carbocycles. The van der Waals surface area contributed by atoms with E-state index < -0.39 is 0 Å². The maximum Gasteiger partial charge on any atom is 0.122 e. The van der Waals surface area contributed by atoms with Crippen LogP contribution in [0.4, 0.5) is 0 Å². The van der Waals surface area contributed by atoms with Crippen molar-refractivity contribution < 1.29 is 18.9 Å². The van der Waals surface area contributed by atoms with Crippen LogP contribution >= 0.6 is 0 Å². The summed E-state index contributed by atoms with van der Waals surface area (Å²) < 4.78 is 22.9. The first kappa shape index (κ1) is 23.1. The van der Waals surface area contributed by atoms with Gasteiger partial charge in [-0.15, -0.1) is 0 Å². The van der Waals surface area contributed by atoms with E-state index in [1.165, 1.54) is 5.56 Å². The zero-order chi connectivity index (χ0) is 22.6. The Balaban J connectivity index is 1.13. The molecule has 5 heteroatoms. The lowest BCUT2D eigenvalue weighted by Crippen LogP contribution is -2.36. The number of nitrogens with zero attached hydrogens (tertiary/aromatic N) is 1. The van der Waals surface area contributed by atoms with Crippen molar-refractivity contribution in [2.75, 3.05) is 46.1 Å². The van der Waals surface area contributed by atoms with Crippen molar-refractivity contribution in [1.29, 1.82) is 0 Å². The van der Waals surface area contributed by atoms with Crippen LogP contribution in [0.3, 0.4) is 0 Å². The van der Waals surface area contributed by atoms with Crippen molar-refractivity contribution in [3.8, 4) is 17.2 Å². The van der Waals surface area contributed by atoms with Gasteiger partial charge >= 0.3 is 0 Å². The second-order valence-electron chi connectivity index (χ2n) is 8.15. The van der Waals surface area contributed by atoms with Crippen molar-refractivity contribution in [2.45, 2.75) is 19.4 Å². The predicted molar refractivity (Wildman–Crippen MR) is 130 cm³/mol. The fourth-order valence-corrected chi connectivity index (χ4v) is 3.81. The molecular weight excluding hydrogens is 414 g/mol. The molecule has 33 heavy (non-hydrogen) atoms. The molecule has 0 unspecified atom stereocenters. The van der Waals surface area contributed by atoms with E-state index in [2.05, 4.69) is 35.2 Å². The summed E-state index contributed by atoms with van der Waals surface area (Å²) in [6.07, 6.45) is 2.21. The molecule has 1 fully saturated rings. The number of aryl methyl sites for hydroxylation is 1. The van der Waals surface area contributed by atoms with Gasteiger partial charge in [-0.25, -0.2) is 0 Å². The standard InChI is InChI=1S/C28H33NO4/c1-2-6-25(7-3-1)23-33-27-13-11-26(12-14-27)31-20-21-32-28-10-4-8-24(22-28)9-5-15-29-16-18-30-19-17-29/h1-4,6-8,10-14,22H,5,9,15-21,23H2. The van der Waals surface area contributed by atoms with E-state index in [1.807, 2.05) is 48.5 Å². The number of benzene rings is 3. The molecule has 0 atom stereocenters. The molecule has 174 valence electrons. The highest BCUT2D eigenvalue weighted by atomic mass is 16.5. The highest BCUT2D eigenvalue weighted by Crippen LogP contribution is 2.19. The Morgan fingerprint density at radius 3 is 2.09 bits per heavy atom. The summed E-state index contributed by atoms with van der Waals surface area (Å²) in [5, 5.41) is 0. The van der Waals surface area contributed by atoms with Crippen LogP contribution in [0.1, 0.15) is 17.5 Å². The zero-order valence-electron chi connectivity index (χ0n) is 19.2. The second kappa shape index (κ2) is 12.9. The number of rotatable bonds is 12. The van der Waals surface area contributed by atoms with Crippen molar-refractivity contribution in [3.63, 3.8) is 0 Å². The highest BCUT2D eigenvalue weighted by molar-refractivity contribution is 5.32. The predicted octanol–water partition coefficient (Wildman–Crippen LogP) is 4.99. The first-order chi connectivity index (χ1) is 16.3. The maximum atomic E-state index is 5.90. The van der Waals surface area contributed by atoms with Gasteiger partial charge in [0.25, 0.3) is 0 Å². The van der Waals surface area contributed by atoms with Gasteiger partial charge in [0, 0.05) is 13.1 Å². The van der Waals surface area contributed by atoms with Crippen LogP contribution in [-0.4, -0.2) is 51.0 Å². The minimum Gasteiger partial charge on any atom is -0.490 e. The largest absolute Gasteiger partial charge is 0.490 e. The molecule has 3 aromatic rings. The average Bonchev–Trinajstić information content (AvgIpc) is 2.88.